The molecule has 4 rings (SSSR count). The lowest BCUT2D eigenvalue weighted by atomic mass is 9.85. The van der Waals surface area contributed by atoms with Crippen molar-refractivity contribution < 1.29 is 19.4 Å². The van der Waals surface area contributed by atoms with Crippen LogP contribution in [-0.4, -0.2) is 34.0 Å². The van der Waals surface area contributed by atoms with Gasteiger partial charge in [0, 0.05) is 24.9 Å². The number of amides is 1. The Bertz CT molecular complexity index is 1300. The first-order chi connectivity index (χ1) is 18.5. The van der Waals surface area contributed by atoms with Gasteiger partial charge in [0.2, 0.25) is 0 Å². The van der Waals surface area contributed by atoms with Crippen molar-refractivity contribution in [3.63, 3.8) is 0 Å². The van der Waals surface area contributed by atoms with Crippen LogP contribution in [0.5, 0.6) is 5.75 Å². The number of carbonyl (C=O) groups excluding carboxylic acids is 1. The molecule has 5 heteroatoms. The monoisotopic (exact) mass is 527 g/mol. The molecule has 0 fully saturated rings. The fourth-order valence-corrected chi connectivity index (χ4v) is 5.27. The molecule has 1 amide bonds. The predicted octanol–water partition coefficient (Wildman–Crippen LogP) is 6.99. The quantitative estimate of drug-likeness (QED) is 0.309. The Kier molecular flexibility index (Phi) is 8.48. The molecule has 39 heavy (non-hydrogen) atoms. The van der Waals surface area contributed by atoms with E-state index in [1.807, 2.05) is 24.3 Å². The molecule has 1 atom stereocenters. The van der Waals surface area contributed by atoms with Crippen molar-refractivity contribution in [3.8, 4) is 5.75 Å². The van der Waals surface area contributed by atoms with Crippen LogP contribution < -0.4 is 4.74 Å². The van der Waals surface area contributed by atoms with Gasteiger partial charge >= 0.3 is 5.97 Å². The molecule has 0 unspecified atom stereocenters. The second-order valence-corrected chi connectivity index (χ2v) is 12.1. The highest BCUT2D eigenvalue weighted by molar-refractivity contribution is 5.96. The van der Waals surface area contributed by atoms with E-state index in [-0.39, 0.29) is 24.4 Å². The van der Waals surface area contributed by atoms with E-state index in [0.717, 1.165) is 42.6 Å². The smallest absolute Gasteiger partial charge is 0.323 e. The van der Waals surface area contributed by atoms with Gasteiger partial charge in [0.05, 0.1) is 0 Å². The highest BCUT2D eigenvalue weighted by atomic mass is 16.5. The highest BCUT2D eigenvalue weighted by Crippen LogP contribution is 2.38. The highest BCUT2D eigenvalue weighted by Gasteiger charge is 2.36. The first-order valence-electron chi connectivity index (χ1n) is 14.0. The molecule has 0 radical (unpaired) electrons. The van der Waals surface area contributed by atoms with Crippen LogP contribution in [0, 0.1) is 0 Å². The Morgan fingerprint density at radius 2 is 1.59 bits per heavy atom. The van der Waals surface area contributed by atoms with Crippen molar-refractivity contribution >= 4 is 11.9 Å². The van der Waals surface area contributed by atoms with E-state index < -0.39 is 11.6 Å². The van der Waals surface area contributed by atoms with Crippen LogP contribution in [0.4, 0.5) is 0 Å². The van der Waals surface area contributed by atoms with E-state index in [1.54, 1.807) is 6.07 Å². The molecule has 1 aliphatic heterocycles. The average molecular weight is 528 g/mol. The van der Waals surface area contributed by atoms with Gasteiger partial charge in [0.25, 0.3) is 5.91 Å². The van der Waals surface area contributed by atoms with Gasteiger partial charge in [-0.2, -0.15) is 0 Å². The van der Waals surface area contributed by atoms with Gasteiger partial charge in [-0.1, -0.05) is 82.6 Å². The number of nitrogens with zero attached hydrogens (tertiary/aromatic N) is 1. The summed E-state index contributed by atoms with van der Waals surface area (Å²) in [6, 6.07) is 22.3. The number of hydrogen-bond acceptors (Lipinski definition) is 3. The van der Waals surface area contributed by atoms with Gasteiger partial charge in [-0.05, 0) is 71.2 Å². The van der Waals surface area contributed by atoms with Crippen LogP contribution in [0.1, 0.15) is 85.6 Å². The molecular weight excluding hydrogens is 486 g/mol. The first kappa shape index (κ1) is 28.4. The molecule has 0 aromatic heterocycles. The molecular formula is C34H41NO4. The Labute approximate surface area is 232 Å². The van der Waals surface area contributed by atoms with Crippen molar-refractivity contribution in [2.75, 3.05) is 6.54 Å². The van der Waals surface area contributed by atoms with Crippen LogP contribution in [0.15, 0.2) is 66.7 Å². The molecule has 0 spiro atoms. The number of carbonyl (C=O) groups is 2. The summed E-state index contributed by atoms with van der Waals surface area (Å²) in [6.45, 7) is 10.8. The molecule has 0 aliphatic carbocycles. The second kappa shape index (κ2) is 11.6. The maximum atomic E-state index is 13.5. The number of hydrogen-bond donors (Lipinski definition) is 1. The minimum absolute atomic E-state index is 0.109. The van der Waals surface area contributed by atoms with Gasteiger partial charge in [-0.25, -0.2) is 0 Å². The molecule has 0 saturated heterocycles. The zero-order valence-electron chi connectivity index (χ0n) is 23.9. The fraction of sp³-hybridized carbons (Fsp3) is 0.412. The van der Waals surface area contributed by atoms with Crippen LogP contribution >= 0.6 is 0 Å². The van der Waals surface area contributed by atoms with Gasteiger partial charge in [0.1, 0.15) is 17.9 Å². The zero-order chi connectivity index (χ0) is 28.2. The Balaban J connectivity index is 1.47. The summed E-state index contributed by atoms with van der Waals surface area (Å²) in [4.78, 5) is 26.5. The topological polar surface area (TPSA) is 66.8 Å². The lowest BCUT2D eigenvalue weighted by molar-refractivity contribution is -0.137. The van der Waals surface area contributed by atoms with Crippen molar-refractivity contribution in [3.05, 3.63) is 100 Å². The third-order valence-corrected chi connectivity index (χ3v) is 7.45. The van der Waals surface area contributed by atoms with Gasteiger partial charge in [-0.3, -0.25) is 9.59 Å². The maximum absolute atomic E-state index is 13.5. The number of carboxylic acid groups (broad SMARTS) is 1. The third-order valence-electron chi connectivity index (χ3n) is 7.45. The Hall–Kier alpha value is -3.60. The van der Waals surface area contributed by atoms with Gasteiger partial charge in [-0.15, -0.1) is 0 Å². The number of aryl methyl sites for hydroxylation is 1. The number of unbranched alkanes of at least 4 members (excludes halogenated alkanes) is 1. The number of aliphatic carboxylic acids is 1. The summed E-state index contributed by atoms with van der Waals surface area (Å²) in [6.07, 6.45) is 4.73. The molecule has 1 N–H and O–H groups in total. The largest absolute Gasteiger partial charge is 0.487 e. The van der Waals surface area contributed by atoms with Gasteiger partial charge in [0.15, 0.2) is 0 Å². The summed E-state index contributed by atoms with van der Waals surface area (Å²) in [7, 11) is 0. The van der Waals surface area contributed by atoms with E-state index in [2.05, 4.69) is 71.0 Å². The van der Waals surface area contributed by atoms with Gasteiger partial charge < -0.3 is 14.7 Å². The number of rotatable bonds is 10. The summed E-state index contributed by atoms with van der Waals surface area (Å²) in [5, 5.41) is 9.51. The van der Waals surface area contributed by atoms with Crippen molar-refractivity contribution in [2.45, 2.75) is 84.3 Å². The summed E-state index contributed by atoms with van der Waals surface area (Å²) >= 11 is 0. The van der Waals surface area contributed by atoms with Crippen molar-refractivity contribution in [2.24, 2.45) is 0 Å². The van der Waals surface area contributed by atoms with E-state index in [1.165, 1.54) is 21.6 Å². The number of benzene rings is 3. The van der Waals surface area contributed by atoms with E-state index in [4.69, 9.17) is 4.74 Å². The van der Waals surface area contributed by atoms with E-state index in [9.17, 15) is 14.7 Å². The SMILES string of the molecule is CCCCc1ccc(CN(CC(=O)O)C(=O)c2ccc3c(c2)C[C@@](C)(Cc2ccc(C(C)(C)C)cc2)O3)cc1. The lowest BCUT2D eigenvalue weighted by Gasteiger charge is -2.25. The first-order valence-corrected chi connectivity index (χ1v) is 14.0. The second-order valence-electron chi connectivity index (χ2n) is 12.1. The average Bonchev–Trinajstić information content (AvgIpc) is 3.21. The minimum Gasteiger partial charge on any atom is -0.487 e. The number of ether oxygens (including phenoxy) is 1. The minimum atomic E-state index is -1.03. The van der Waals surface area contributed by atoms with E-state index in [0.29, 0.717) is 12.0 Å². The molecule has 206 valence electrons. The normalized spacial score (nSPS) is 16.4. The Morgan fingerprint density at radius 3 is 2.21 bits per heavy atom. The summed E-state index contributed by atoms with van der Waals surface area (Å²) in [5.74, 6) is -0.535. The summed E-state index contributed by atoms with van der Waals surface area (Å²) in [5.41, 5.74) is 5.84. The zero-order valence-corrected chi connectivity index (χ0v) is 23.9. The molecule has 5 nitrogen and oxygen atoms in total. The lowest BCUT2D eigenvalue weighted by Crippen LogP contribution is -2.35. The standard InChI is InChI=1S/C34H41NO4/c1-6-7-8-24-9-11-26(12-10-24)22-35(23-31(36)37)32(38)27-15-18-30-28(19-27)21-34(5,39-30)20-25-13-16-29(17-14-25)33(2,3)4/h9-19H,6-8,20-23H2,1-5H3,(H,36,37)/t34-/m1/s1. The fourth-order valence-electron chi connectivity index (χ4n) is 5.27. The van der Waals surface area contributed by atoms with Crippen molar-refractivity contribution in [1.29, 1.82) is 0 Å². The summed E-state index contributed by atoms with van der Waals surface area (Å²) < 4.78 is 6.37. The number of carboxylic acids is 1. The number of fused-ring (bicyclic) bond motifs is 1. The molecule has 0 bridgehead atoms. The predicted molar refractivity (Wildman–Crippen MR) is 155 cm³/mol. The molecule has 0 saturated carbocycles. The third kappa shape index (κ3) is 7.29. The van der Waals surface area contributed by atoms with Crippen LogP contribution in [0.2, 0.25) is 0 Å². The molecule has 1 heterocycles. The van der Waals surface area contributed by atoms with Crippen LogP contribution in [0.3, 0.4) is 0 Å². The van der Waals surface area contributed by atoms with Crippen LogP contribution in [0.25, 0.3) is 0 Å². The van der Waals surface area contributed by atoms with Crippen LogP contribution in [-0.2, 0) is 36.0 Å². The Morgan fingerprint density at radius 1 is 0.949 bits per heavy atom. The molecule has 3 aromatic rings. The maximum Gasteiger partial charge on any atom is 0.323 e. The van der Waals surface area contributed by atoms with E-state index >= 15 is 0 Å². The molecule has 1 aliphatic rings. The van der Waals surface area contributed by atoms with Crippen molar-refractivity contribution in [1.82, 2.24) is 4.90 Å². The molecule has 3 aromatic carbocycles.